The molecule has 0 saturated carbocycles. The zero-order valence-corrected chi connectivity index (χ0v) is 13.6. The standard InChI is InChI=1S/C19H24N2/c1-13(2)17-10-7-11-18(14(3)4)19(17)20-12-16-9-6-8-15(5)21-16/h6-14H,1-5H3/b20-12+. The van der Waals surface area contributed by atoms with Gasteiger partial charge in [0.15, 0.2) is 0 Å². The highest BCUT2D eigenvalue weighted by atomic mass is 14.8. The van der Waals surface area contributed by atoms with Crippen LogP contribution in [0.25, 0.3) is 0 Å². The van der Waals surface area contributed by atoms with Crippen LogP contribution in [0, 0.1) is 6.92 Å². The van der Waals surface area contributed by atoms with Gasteiger partial charge in [-0.2, -0.15) is 0 Å². The van der Waals surface area contributed by atoms with Crippen LogP contribution < -0.4 is 0 Å². The van der Waals surface area contributed by atoms with E-state index in [0.29, 0.717) is 11.8 Å². The van der Waals surface area contributed by atoms with Gasteiger partial charge in [0.25, 0.3) is 0 Å². The summed E-state index contributed by atoms with van der Waals surface area (Å²) in [5.41, 5.74) is 5.62. The van der Waals surface area contributed by atoms with E-state index in [-0.39, 0.29) is 0 Å². The van der Waals surface area contributed by atoms with Gasteiger partial charge in [-0.3, -0.25) is 9.98 Å². The van der Waals surface area contributed by atoms with Crippen molar-refractivity contribution in [2.45, 2.75) is 46.5 Å². The van der Waals surface area contributed by atoms with E-state index >= 15 is 0 Å². The Bertz CT molecular complexity index is 614. The number of nitrogens with zero attached hydrogens (tertiary/aromatic N) is 2. The van der Waals surface area contributed by atoms with Crippen molar-refractivity contribution < 1.29 is 0 Å². The molecule has 0 N–H and O–H groups in total. The van der Waals surface area contributed by atoms with Gasteiger partial charge in [0.1, 0.15) is 0 Å². The number of aromatic nitrogens is 1. The summed E-state index contributed by atoms with van der Waals surface area (Å²) in [7, 11) is 0. The molecule has 0 fully saturated rings. The summed E-state index contributed by atoms with van der Waals surface area (Å²) in [6.45, 7) is 10.8. The largest absolute Gasteiger partial charge is 0.254 e. The molecular weight excluding hydrogens is 256 g/mol. The summed E-state index contributed by atoms with van der Waals surface area (Å²) in [5.74, 6) is 0.919. The number of aliphatic imine (C=N–C) groups is 1. The molecule has 1 aromatic carbocycles. The van der Waals surface area contributed by atoms with Crippen molar-refractivity contribution >= 4 is 11.9 Å². The Balaban J connectivity index is 2.46. The van der Waals surface area contributed by atoms with Crippen molar-refractivity contribution in [3.63, 3.8) is 0 Å². The fourth-order valence-corrected chi connectivity index (χ4v) is 2.43. The number of aryl methyl sites for hydroxylation is 1. The third kappa shape index (κ3) is 3.78. The molecule has 0 unspecified atom stereocenters. The third-order valence-corrected chi connectivity index (χ3v) is 3.58. The van der Waals surface area contributed by atoms with Gasteiger partial charge in [-0.05, 0) is 42.0 Å². The van der Waals surface area contributed by atoms with E-state index in [1.807, 2.05) is 31.3 Å². The second kappa shape index (κ2) is 6.66. The Labute approximate surface area is 128 Å². The first-order valence-electron chi connectivity index (χ1n) is 7.59. The topological polar surface area (TPSA) is 25.2 Å². The van der Waals surface area contributed by atoms with Gasteiger partial charge in [0, 0.05) is 5.69 Å². The molecular formula is C19H24N2. The summed E-state index contributed by atoms with van der Waals surface area (Å²) >= 11 is 0. The lowest BCUT2D eigenvalue weighted by Gasteiger charge is -2.16. The third-order valence-electron chi connectivity index (χ3n) is 3.58. The Morgan fingerprint density at radius 1 is 0.905 bits per heavy atom. The fraction of sp³-hybridized carbons (Fsp3) is 0.368. The maximum absolute atomic E-state index is 4.77. The van der Waals surface area contributed by atoms with E-state index in [9.17, 15) is 0 Å². The molecule has 110 valence electrons. The average molecular weight is 280 g/mol. The van der Waals surface area contributed by atoms with Crippen LogP contribution in [0.2, 0.25) is 0 Å². The van der Waals surface area contributed by atoms with Crippen molar-refractivity contribution in [3.8, 4) is 0 Å². The molecule has 0 aliphatic carbocycles. The number of rotatable bonds is 4. The predicted octanol–water partition coefficient (Wildman–Crippen LogP) is 5.39. The van der Waals surface area contributed by atoms with Crippen LogP contribution in [-0.4, -0.2) is 11.2 Å². The highest BCUT2D eigenvalue weighted by Crippen LogP contribution is 2.34. The van der Waals surface area contributed by atoms with E-state index in [2.05, 4.69) is 50.9 Å². The lowest BCUT2D eigenvalue weighted by molar-refractivity contribution is 0.835. The van der Waals surface area contributed by atoms with E-state index < -0.39 is 0 Å². The fourth-order valence-electron chi connectivity index (χ4n) is 2.43. The SMILES string of the molecule is Cc1cccc(/C=N/c2c(C(C)C)cccc2C(C)C)n1. The minimum Gasteiger partial charge on any atom is -0.254 e. The molecule has 2 heteroatoms. The van der Waals surface area contributed by atoms with Gasteiger partial charge in [-0.1, -0.05) is 52.0 Å². The molecule has 0 aliphatic heterocycles. The smallest absolute Gasteiger partial charge is 0.0815 e. The molecule has 0 spiro atoms. The molecule has 21 heavy (non-hydrogen) atoms. The van der Waals surface area contributed by atoms with E-state index in [0.717, 1.165) is 17.1 Å². The summed E-state index contributed by atoms with van der Waals surface area (Å²) in [6.07, 6.45) is 1.88. The van der Waals surface area contributed by atoms with Gasteiger partial charge < -0.3 is 0 Å². The van der Waals surface area contributed by atoms with Gasteiger partial charge >= 0.3 is 0 Å². The summed E-state index contributed by atoms with van der Waals surface area (Å²) in [4.78, 5) is 9.26. The Kier molecular flexibility index (Phi) is 4.89. The van der Waals surface area contributed by atoms with Crippen LogP contribution >= 0.6 is 0 Å². The Morgan fingerprint density at radius 3 is 2.00 bits per heavy atom. The van der Waals surface area contributed by atoms with Gasteiger partial charge in [0.05, 0.1) is 17.6 Å². The maximum Gasteiger partial charge on any atom is 0.0815 e. The van der Waals surface area contributed by atoms with E-state index in [1.165, 1.54) is 11.1 Å². The number of hydrogen-bond acceptors (Lipinski definition) is 2. The van der Waals surface area contributed by atoms with Crippen LogP contribution in [0.3, 0.4) is 0 Å². The molecule has 0 amide bonds. The highest BCUT2D eigenvalue weighted by molar-refractivity contribution is 5.80. The second-order valence-corrected chi connectivity index (χ2v) is 6.06. The van der Waals surface area contributed by atoms with Crippen LogP contribution in [0.15, 0.2) is 41.4 Å². The molecule has 2 nitrogen and oxygen atoms in total. The summed E-state index contributed by atoms with van der Waals surface area (Å²) in [6, 6.07) is 12.5. The number of pyridine rings is 1. The first-order valence-corrected chi connectivity index (χ1v) is 7.59. The monoisotopic (exact) mass is 280 g/mol. The molecule has 1 aromatic heterocycles. The van der Waals surface area contributed by atoms with Crippen molar-refractivity contribution in [1.29, 1.82) is 0 Å². The van der Waals surface area contributed by atoms with Gasteiger partial charge in [-0.25, -0.2) is 0 Å². The highest BCUT2D eigenvalue weighted by Gasteiger charge is 2.12. The van der Waals surface area contributed by atoms with Crippen LogP contribution in [-0.2, 0) is 0 Å². The van der Waals surface area contributed by atoms with E-state index in [4.69, 9.17) is 4.99 Å². The van der Waals surface area contributed by atoms with Crippen LogP contribution in [0.5, 0.6) is 0 Å². The van der Waals surface area contributed by atoms with Crippen LogP contribution in [0.1, 0.15) is 62.0 Å². The second-order valence-electron chi connectivity index (χ2n) is 6.06. The molecule has 0 atom stereocenters. The first kappa shape index (κ1) is 15.4. The average Bonchev–Trinajstić information content (AvgIpc) is 2.44. The molecule has 0 bridgehead atoms. The van der Waals surface area contributed by atoms with Crippen molar-refractivity contribution in [1.82, 2.24) is 4.98 Å². The van der Waals surface area contributed by atoms with E-state index in [1.54, 1.807) is 0 Å². The lowest BCUT2D eigenvalue weighted by Crippen LogP contribution is -1.96. The molecule has 2 aromatic rings. The Hall–Kier alpha value is -1.96. The maximum atomic E-state index is 4.77. The zero-order valence-electron chi connectivity index (χ0n) is 13.6. The van der Waals surface area contributed by atoms with Crippen molar-refractivity contribution in [2.75, 3.05) is 0 Å². The van der Waals surface area contributed by atoms with Crippen LogP contribution in [0.4, 0.5) is 5.69 Å². The number of para-hydroxylation sites is 1. The zero-order chi connectivity index (χ0) is 15.4. The normalized spacial score (nSPS) is 11.8. The minimum atomic E-state index is 0.460. The van der Waals surface area contributed by atoms with Gasteiger partial charge in [0.2, 0.25) is 0 Å². The predicted molar refractivity (Wildman–Crippen MR) is 90.8 cm³/mol. The molecule has 2 rings (SSSR count). The molecule has 0 aliphatic rings. The quantitative estimate of drug-likeness (QED) is 0.689. The number of hydrogen-bond donors (Lipinski definition) is 0. The van der Waals surface area contributed by atoms with Crippen molar-refractivity contribution in [3.05, 3.63) is 58.9 Å². The summed E-state index contributed by atoms with van der Waals surface area (Å²) < 4.78 is 0. The molecule has 0 radical (unpaired) electrons. The Morgan fingerprint density at radius 2 is 1.48 bits per heavy atom. The molecule has 0 saturated heterocycles. The first-order chi connectivity index (χ1) is 9.99. The van der Waals surface area contributed by atoms with Gasteiger partial charge in [-0.15, -0.1) is 0 Å². The lowest BCUT2D eigenvalue weighted by atomic mass is 9.93. The number of benzene rings is 1. The minimum absolute atomic E-state index is 0.460. The summed E-state index contributed by atoms with van der Waals surface area (Å²) in [5, 5.41) is 0. The molecule has 1 heterocycles. The van der Waals surface area contributed by atoms with Crippen molar-refractivity contribution in [2.24, 2.45) is 4.99 Å².